The van der Waals surface area contributed by atoms with Crippen LogP contribution in [0.2, 0.25) is 0 Å². The topological polar surface area (TPSA) is 78.9 Å². The molecule has 0 aliphatic carbocycles. The predicted molar refractivity (Wildman–Crippen MR) is 99.2 cm³/mol. The van der Waals surface area contributed by atoms with Crippen molar-refractivity contribution in [3.8, 4) is 5.75 Å². The molecule has 2 N–H and O–H groups in total. The normalized spacial score (nSPS) is 19.3. The van der Waals surface area contributed by atoms with Crippen LogP contribution in [0.15, 0.2) is 54.7 Å². The van der Waals surface area contributed by atoms with Crippen LogP contribution in [0.3, 0.4) is 0 Å². The van der Waals surface area contributed by atoms with Gasteiger partial charge in [-0.15, -0.1) is 0 Å². The van der Waals surface area contributed by atoms with E-state index in [9.17, 15) is 14.1 Å². The highest BCUT2D eigenvalue weighted by Crippen LogP contribution is 2.34. The molecule has 2 unspecified atom stereocenters. The molecule has 1 aliphatic rings. The maximum absolute atomic E-state index is 11.8. The van der Waals surface area contributed by atoms with E-state index in [2.05, 4.69) is 11.3 Å². The van der Waals surface area contributed by atoms with Gasteiger partial charge >= 0.3 is 0 Å². The molecule has 7 heteroatoms. The number of carbonyl (C=O) groups is 1. The van der Waals surface area contributed by atoms with Crippen molar-refractivity contribution in [3.05, 3.63) is 60.2 Å². The van der Waals surface area contributed by atoms with Gasteiger partial charge in [-0.3, -0.25) is 13.8 Å². The Labute approximate surface area is 150 Å². The highest BCUT2D eigenvalue weighted by atomic mass is 32.2. The number of amides is 1. The highest BCUT2D eigenvalue weighted by molar-refractivity contribution is 7.85. The van der Waals surface area contributed by atoms with Gasteiger partial charge in [0.1, 0.15) is 12.3 Å². The molecule has 0 bridgehead atoms. The van der Waals surface area contributed by atoms with E-state index >= 15 is 0 Å². The summed E-state index contributed by atoms with van der Waals surface area (Å²) in [6, 6.07) is 5.02. The zero-order valence-electron chi connectivity index (χ0n) is 14.3. The Bertz CT molecular complexity index is 743. The Morgan fingerprint density at radius 2 is 2.32 bits per heavy atom. The molecule has 1 aliphatic heterocycles. The van der Waals surface area contributed by atoms with Gasteiger partial charge in [0, 0.05) is 13.5 Å². The number of hydrogen-bond acceptors (Lipinski definition) is 4. The minimum Gasteiger partial charge on any atom is -0.506 e. The van der Waals surface area contributed by atoms with Gasteiger partial charge < -0.3 is 9.84 Å². The summed E-state index contributed by atoms with van der Waals surface area (Å²) in [4.78, 5) is 11.3. The number of ether oxygens (including phenoxy) is 1. The monoisotopic (exact) mass is 362 g/mol. The lowest BCUT2D eigenvalue weighted by atomic mass is 10.00. The van der Waals surface area contributed by atoms with E-state index in [0.717, 1.165) is 11.1 Å². The van der Waals surface area contributed by atoms with Crippen molar-refractivity contribution < 1.29 is 18.8 Å². The number of methoxy groups -OCH3 is 1. The zero-order chi connectivity index (χ0) is 18.4. The number of rotatable bonds is 7. The number of nitrogens with one attached hydrogen (secondary N) is 1. The fourth-order valence-electron chi connectivity index (χ4n) is 2.53. The highest BCUT2D eigenvalue weighted by Gasteiger charge is 2.29. The van der Waals surface area contributed by atoms with Gasteiger partial charge in [0.15, 0.2) is 0 Å². The van der Waals surface area contributed by atoms with Gasteiger partial charge in [0.25, 0.3) is 5.91 Å². The largest absolute Gasteiger partial charge is 0.506 e. The van der Waals surface area contributed by atoms with Crippen molar-refractivity contribution in [1.82, 2.24) is 4.72 Å². The standard InChI is InChI=1S/C18H22N2O4S/c1-4-6-7-13(5-2)10-17(24-3)14-8-9-15(16(21)11-14)20-12-18(22)19-25(20)23/h4-9,11,17,21H,1,10,12H2,2-3H3,(H,19,22)/b7-6-,13-5+. The fraction of sp³-hybridized carbons (Fsp3) is 0.278. The molecular weight excluding hydrogens is 340 g/mol. The molecule has 134 valence electrons. The van der Waals surface area contributed by atoms with E-state index in [1.807, 2.05) is 25.2 Å². The molecule has 6 nitrogen and oxygen atoms in total. The molecule has 2 rings (SSSR count). The number of benzene rings is 1. The molecule has 1 heterocycles. The Morgan fingerprint density at radius 3 is 2.84 bits per heavy atom. The summed E-state index contributed by atoms with van der Waals surface area (Å²) in [5.74, 6) is -0.392. The van der Waals surface area contributed by atoms with Crippen molar-refractivity contribution in [3.63, 3.8) is 0 Å². The summed E-state index contributed by atoms with van der Waals surface area (Å²) in [6.45, 7) is 5.55. The SMILES string of the molecule is C=C/C=C\C(=C/C)CC(OC)c1ccc(N2CC(=O)NS2=O)c(O)c1. The molecule has 1 aromatic carbocycles. The van der Waals surface area contributed by atoms with Crippen molar-refractivity contribution in [2.75, 3.05) is 18.0 Å². The third-order valence-corrected chi connectivity index (χ3v) is 4.98. The molecule has 0 spiro atoms. The number of anilines is 1. The number of aromatic hydroxyl groups is 1. The molecule has 25 heavy (non-hydrogen) atoms. The van der Waals surface area contributed by atoms with E-state index in [1.165, 1.54) is 4.31 Å². The first-order chi connectivity index (χ1) is 12.0. The molecule has 1 amide bonds. The summed E-state index contributed by atoms with van der Waals surface area (Å²) >= 11 is -1.67. The van der Waals surface area contributed by atoms with Crippen LogP contribution in [0, 0.1) is 0 Å². The van der Waals surface area contributed by atoms with E-state index in [0.29, 0.717) is 12.1 Å². The molecule has 0 saturated carbocycles. The summed E-state index contributed by atoms with van der Waals surface area (Å²) in [5, 5.41) is 10.3. The van der Waals surface area contributed by atoms with Crippen molar-refractivity contribution in [2.24, 2.45) is 0 Å². The zero-order valence-corrected chi connectivity index (χ0v) is 15.1. The van der Waals surface area contributed by atoms with Gasteiger partial charge in [-0.2, -0.15) is 0 Å². The molecule has 0 aromatic heterocycles. The van der Waals surface area contributed by atoms with Gasteiger partial charge in [-0.1, -0.05) is 36.9 Å². The van der Waals surface area contributed by atoms with Gasteiger partial charge in [0.2, 0.25) is 11.2 Å². The minimum absolute atomic E-state index is 0.0481. The maximum atomic E-state index is 11.8. The van der Waals surface area contributed by atoms with Crippen LogP contribution in [0.1, 0.15) is 25.0 Å². The first-order valence-corrected chi connectivity index (χ1v) is 8.89. The van der Waals surface area contributed by atoms with Crippen LogP contribution in [0.5, 0.6) is 5.75 Å². The molecule has 1 saturated heterocycles. The van der Waals surface area contributed by atoms with E-state index in [-0.39, 0.29) is 24.3 Å². The second-order valence-electron chi connectivity index (χ2n) is 5.45. The first-order valence-electron chi connectivity index (χ1n) is 7.79. The quantitative estimate of drug-likeness (QED) is 0.731. The van der Waals surface area contributed by atoms with Crippen LogP contribution < -0.4 is 9.03 Å². The third-order valence-electron chi connectivity index (χ3n) is 3.85. The van der Waals surface area contributed by atoms with Crippen LogP contribution >= 0.6 is 0 Å². The van der Waals surface area contributed by atoms with Gasteiger partial charge in [-0.25, -0.2) is 4.21 Å². The number of phenols is 1. The lowest BCUT2D eigenvalue weighted by Gasteiger charge is -2.20. The molecule has 1 fully saturated rings. The Balaban J connectivity index is 2.22. The average Bonchev–Trinajstić information content (AvgIpc) is 2.93. The molecule has 0 radical (unpaired) electrons. The summed E-state index contributed by atoms with van der Waals surface area (Å²) in [7, 11) is 1.61. The summed E-state index contributed by atoms with van der Waals surface area (Å²) in [5.41, 5.74) is 2.21. The van der Waals surface area contributed by atoms with Crippen molar-refractivity contribution >= 4 is 22.8 Å². The number of nitrogens with zero attached hydrogens (tertiary/aromatic N) is 1. The van der Waals surface area contributed by atoms with Gasteiger partial charge in [-0.05, 0) is 30.2 Å². The minimum atomic E-state index is -1.67. The average molecular weight is 362 g/mol. The first kappa shape index (κ1) is 19.0. The number of allylic oxidation sites excluding steroid dienone is 4. The van der Waals surface area contributed by atoms with E-state index < -0.39 is 11.2 Å². The van der Waals surface area contributed by atoms with Crippen LogP contribution in [-0.2, 0) is 20.7 Å². The Morgan fingerprint density at radius 1 is 1.56 bits per heavy atom. The summed E-state index contributed by atoms with van der Waals surface area (Å²) in [6.07, 6.45) is 7.89. The van der Waals surface area contributed by atoms with E-state index in [1.54, 1.807) is 31.4 Å². The van der Waals surface area contributed by atoms with Crippen molar-refractivity contribution in [2.45, 2.75) is 19.4 Å². The lowest BCUT2D eigenvalue weighted by molar-refractivity contribution is -0.117. The smallest absolute Gasteiger partial charge is 0.253 e. The lowest BCUT2D eigenvalue weighted by Crippen LogP contribution is -2.22. The second-order valence-corrected chi connectivity index (χ2v) is 6.59. The number of hydrogen-bond donors (Lipinski definition) is 2. The Kier molecular flexibility index (Phi) is 6.55. The number of carbonyl (C=O) groups excluding carboxylic acids is 1. The molecule has 1 aromatic rings. The third kappa shape index (κ3) is 4.58. The van der Waals surface area contributed by atoms with Gasteiger partial charge in [0.05, 0.1) is 11.8 Å². The Hall–Kier alpha value is -2.38. The van der Waals surface area contributed by atoms with Crippen LogP contribution in [0.25, 0.3) is 0 Å². The second kappa shape index (κ2) is 8.64. The summed E-state index contributed by atoms with van der Waals surface area (Å²) < 4.78 is 21.0. The van der Waals surface area contributed by atoms with E-state index in [4.69, 9.17) is 4.74 Å². The fourth-order valence-corrected chi connectivity index (χ4v) is 3.46. The molecular formula is C18H22N2O4S. The maximum Gasteiger partial charge on any atom is 0.253 e. The molecule has 2 atom stereocenters. The van der Waals surface area contributed by atoms with Crippen LogP contribution in [-0.4, -0.2) is 28.9 Å². The van der Waals surface area contributed by atoms with Crippen molar-refractivity contribution in [1.29, 1.82) is 0 Å². The number of phenolic OH excluding ortho intramolecular Hbond substituents is 1. The predicted octanol–water partition coefficient (Wildman–Crippen LogP) is 2.67. The van der Waals surface area contributed by atoms with Crippen LogP contribution in [0.4, 0.5) is 5.69 Å².